The average Bonchev–Trinajstić information content (AvgIpc) is 3.24. The van der Waals surface area contributed by atoms with Gasteiger partial charge in [0.1, 0.15) is 18.3 Å². The van der Waals surface area contributed by atoms with Gasteiger partial charge in [0, 0.05) is 0 Å². The highest BCUT2D eigenvalue weighted by molar-refractivity contribution is 6.99. The quantitative estimate of drug-likeness (QED) is 0.0824. The molecule has 46 heavy (non-hydrogen) atoms. The Kier molecular flexibility index (Phi) is 12.6. The van der Waals surface area contributed by atoms with Crippen LogP contribution in [-0.4, -0.2) is 63.1 Å². The number of hydrogen-bond acceptors (Lipinski definition) is 6. The van der Waals surface area contributed by atoms with Crippen LogP contribution in [0.4, 0.5) is 0 Å². The molecule has 2 aromatic rings. The van der Waals surface area contributed by atoms with Crippen molar-refractivity contribution < 1.29 is 23.1 Å². The van der Waals surface area contributed by atoms with Gasteiger partial charge in [-0.15, -0.1) is 0 Å². The molecule has 2 aromatic carbocycles. The van der Waals surface area contributed by atoms with Gasteiger partial charge in [-0.1, -0.05) is 143 Å². The van der Waals surface area contributed by atoms with Crippen LogP contribution in [0.5, 0.6) is 0 Å². The minimum absolute atomic E-state index is 0.0531. The Morgan fingerprint density at radius 3 is 1.83 bits per heavy atom. The second-order valence-electron chi connectivity index (χ2n) is 15.0. The third kappa shape index (κ3) is 9.48. The van der Waals surface area contributed by atoms with Crippen molar-refractivity contribution in [2.45, 2.75) is 119 Å². The van der Waals surface area contributed by atoms with Gasteiger partial charge < -0.3 is 23.1 Å². The van der Waals surface area contributed by atoms with E-state index < -0.39 is 50.4 Å². The van der Waals surface area contributed by atoms with Gasteiger partial charge in [0.15, 0.2) is 14.1 Å². The lowest BCUT2D eigenvalue weighted by atomic mass is 10.1. The van der Waals surface area contributed by atoms with Crippen LogP contribution in [0.1, 0.15) is 62.3 Å². The minimum atomic E-state index is -2.98. The van der Waals surface area contributed by atoms with Crippen molar-refractivity contribution in [3.8, 4) is 0 Å². The topological polar surface area (TPSA) is 70.0 Å². The van der Waals surface area contributed by atoms with Gasteiger partial charge in [-0.3, -0.25) is 5.41 Å². The smallest absolute Gasteiger partial charge is 0.265 e. The van der Waals surface area contributed by atoms with Gasteiger partial charge in [-0.05, 0) is 60.4 Å². The predicted octanol–water partition coefficient (Wildman–Crippen LogP) is 8.78. The van der Waals surface area contributed by atoms with Crippen molar-refractivity contribution in [2.75, 3.05) is 6.61 Å². The van der Waals surface area contributed by atoms with Crippen molar-refractivity contribution in [1.82, 2.24) is 0 Å². The van der Waals surface area contributed by atoms with E-state index in [-0.39, 0.29) is 16.2 Å². The normalized spacial score (nSPS) is 20.9. The van der Waals surface area contributed by atoms with Crippen LogP contribution in [0.25, 0.3) is 0 Å². The summed E-state index contributed by atoms with van der Waals surface area (Å²) in [7, 11) is -5.01. The fourth-order valence-corrected chi connectivity index (χ4v) is 11.3. The number of benzene rings is 2. The largest absolute Gasteiger partial charge is 0.468 e. The van der Waals surface area contributed by atoms with Crippen molar-refractivity contribution in [2.24, 2.45) is 0 Å². The Morgan fingerprint density at radius 1 is 0.891 bits per heavy atom. The second-order valence-corrected chi connectivity index (χ2v) is 26.3. The molecule has 11 heteroatoms. The Hall–Kier alpha value is -1.21. The van der Waals surface area contributed by atoms with E-state index in [0.29, 0.717) is 6.61 Å². The number of ether oxygens (including phenoxy) is 3. The summed E-state index contributed by atoms with van der Waals surface area (Å²) in [5, 5.41) is 10.5. The van der Waals surface area contributed by atoms with Crippen LogP contribution >= 0.6 is 34.8 Å². The molecule has 0 unspecified atom stereocenters. The van der Waals surface area contributed by atoms with Crippen molar-refractivity contribution in [3.63, 3.8) is 0 Å². The molecule has 1 aliphatic heterocycles. The third-order valence-corrected chi connectivity index (χ3v) is 19.0. The molecule has 0 bridgehead atoms. The average molecular weight is 729 g/mol. The Bertz CT molecular complexity index is 1280. The SMILES string of the molecule is C[C@H](O[Si](c1ccccc1)(c1ccccc1)C(C)(C)C)[C@H](/C=C/[C@@H]1OC(C)(C)O[C@H]1CO[Si](C)(C)C(C)(C)C)OC(=N)C(Cl)(Cl)Cl. The molecule has 1 aliphatic rings. The summed E-state index contributed by atoms with van der Waals surface area (Å²) >= 11 is 18.3. The highest BCUT2D eigenvalue weighted by atomic mass is 35.6. The first-order chi connectivity index (χ1) is 21.0. The summed E-state index contributed by atoms with van der Waals surface area (Å²) in [6.45, 7) is 23.8. The zero-order valence-electron chi connectivity index (χ0n) is 29.1. The lowest BCUT2D eigenvalue weighted by Crippen LogP contribution is -2.68. The van der Waals surface area contributed by atoms with Crippen LogP contribution < -0.4 is 10.4 Å². The lowest BCUT2D eigenvalue weighted by molar-refractivity contribution is -0.145. The van der Waals surface area contributed by atoms with E-state index >= 15 is 0 Å². The number of nitrogens with one attached hydrogen (secondary N) is 1. The van der Waals surface area contributed by atoms with Crippen LogP contribution in [0.2, 0.25) is 23.2 Å². The molecule has 1 N–H and O–H groups in total. The maximum absolute atomic E-state index is 8.46. The van der Waals surface area contributed by atoms with E-state index in [2.05, 4.69) is 78.9 Å². The highest BCUT2D eigenvalue weighted by Gasteiger charge is 2.52. The van der Waals surface area contributed by atoms with E-state index in [9.17, 15) is 0 Å². The van der Waals surface area contributed by atoms with Crippen molar-refractivity contribution >= 4 is 67.7 Å². The van der Waals surface area contributed by atoms with Crippen LogP contribution in [0.15, 0.2) is 72.8 Å². The van der Waals surface area contributed by atoms with Crippen LogP contribution in [-0.2, 0) is 23.1 Å². The van der Waals surface area contributed by atoms with Gasteiger partial charge in [0.25, 0.3) is 12.1 Å². The van der Waals surface area contributed by atoms with E-state index in [0.717, 1.165) is 10.4 Å². The summed E-state index contributed by atoms with van der Waals surface area (Å²) in [5.74, 6) is -1.31. The molecule has 0 aromatic heterocycles. The molecule has 0 saturated carbocycles. The molecule has 0 amide bonds. The van der Waals surface area contributed by atoms with Crippen molar-refractivity contribution in [1.29, 1.82) is 5.41 Å². The lowest BCUT2D eigenvalue weighted by Gasteiger charge is -2.45. The van der Waals surface area contributed by atoms with E-state index in [1.807, 2.05) is 69.3 Å². The first-order valence-electron chi connectivity index (χ1n) is 15.8. The maximum atomic E-state index is 8.46. The Labute approximate surface area is 293 Å². The zero-order valence-corrected chi connectivity index (χ0v) is 33.4. The first-order valence-corrected chi connectivity index (χ1v) is 21.7. The molecule has 1 saturated heterocycles. The van der Waals surface area contributed by atoms with E-state index in [4.69, 9.17) is 63.3 Å². The van der Waals surface area contributed by atoms with Gasteiger partial charge in [-0.2, -0.15) is 0 Å². The van der Waals surface area contributed by atoms with Gasteiger partial charge in [0.05, 0.1) is 12.7 Å². The minimum Gasteiger partial charge on any atom is -0.468 e. The monoisotopic (exact) mass is 727 g/mol. The summed E-state index contributed by atoms with van der Waals surface area (Å²) in [6.07, 6.45) is 1.60. The first kappa shape index (κ1) is 39.2. The zero-order chi connectivity index (χ0) is 34.8. The molecule has 6 nitrogen and oxygen atoms in total. The van der Waals surface area contributed by atoms with Crippen LogP contribution in [0.3, 0.4) is 0 Å². The summed E-state index contributed by atoms with van der Waals surface area (Å²) in [5.41, 5.74) is 0. The molecular weight excluding hydrogens is 677 g/mol. The number of hydrogen-bond donors (Lipinski definition) is 1. The maximum Gasteiger partial charge on any atom is 0.265 e. The number of alkyl halides is 3. The highest BCUT2D eigenvalue weighted by Crippen LogP contribution is 2.40. The molecule has 0 radical (unpaired) electrons. The van der Waals surface area contributed by atoms with Gasteiger partial charge in [0.2, 0.25) is 5.90 Å². The molecule has 1 fully saturated rings. The Balaban J connectivity index is 2.03. The Morgan fingerprint density at radius 2 is 1.39 bits per heavy atom. The van der Waals surface area contributed by atoms with E-state index in [1.165, 1.54) is 0 Å². The molecule has 1 heterocycles. The number of rotatable bonds is 11. The summed E-state index contributed by atoms with van der Waals surface area (Å²) < 4.78 is 30.5. The summed E-state index contributed by atoms with van der Waals surface area (Å²) in [4.78, 5) is 0. The fraction of sp³-hybridized carbons (Fsp3) is 0.571. The van der Waals surface area contributed by atoms with E-state index in [1.54, 1.807) is 0 Å². The predicted molar refractivity (Wildman–Crippen MR) is 197 cm³/mol. The van der Waals surface area contributed by atoms with Crippen molar-refractivity contribution in [3.05, 3.63) is 72.8 Å². The molecule has 3 rings (SSSR count). The van der Waals surface area contributed by atoms with Gasteiger partial charge >= 0.3 is 0 Å². The summed E-state index contributed by atoms with van der Waals surface area (Å²) in [6, 6.07) is 20.7. The fourth-order valence-electron chi connectivity index (χ4n) is 5.41. The molecule has 4 atom stereocenters. The number of halogens is 3. The van der Waals surface area contributed by atoms with Gasteiger partial charge in [-0.25, -0.2) is 0 Å². The molecule has 0 spiro atoms. The molecule has 256 valence electrons. The molecule has 0 aliphatic carbocycles. The third-order valence-electron chi connectivity index (χ3n) is 8.88. The second kappa shape index (κ2) is 14.7. The standard InChI is InChI=1S/C35H52Cl3NO5Si2/c1-25(44-46(33(5,6)7,26-18-14-12-15-19-26)27-20-16-13-17-21-27)28(41-31(39)35(36,37)38)22-23-29-30(43-34(8,9)42-29)24-40-45(10,11)32(2,3)4/h12-23,25,28-30,39H,24H2,1-11H3/b23-22+,39-31?/t25-,28-,29-,30-/m0/s1. The molecular formula is C35H52Cl3NO5Si2. The van der Waals surface area contributed by atoms with Crippen LogP contribution in [0, 0.1) is 5.41 Å².